The summed E-state index contributed by atoms with van der Waals surface area (Å²) in [7, 11) is -0.223. The van der Waals surface area contributed by atoms with E-state index in [4.69, 9.17) is 4.74 Å². The minimum atomic E-state index is -3.77. The Bertz CT molecular complexity index is 1390. The normalized spacial score (nSPS) is 18.8. The Hall–Kier alpha value is -2.60. The van der Waals surface area contributed by atoms with Crippen molar-refractivity contribution in [1.29, 1.82) is 0 Å². The summed E-state index contributed by atoms with van der Waals surface area (Å²) >= 11 is 1.26. The average Bonchev–Trinajstić information content (AvgIpc) is 3.57. The second-order valence-electron chi connectivity index (χ2n) is 9.86. The lowest BCUT2D eigenvalue weighted by molar-refractivity contribution is -0.117. The number of nitrogens with one attached hydrogen (secondary N) is 1. The number of amides is 1. The number of carbonyl (C=O) groups is 1. The zero-order chi connectivity index (χ0) is 26.2. The Labute approximate surface area is 221 Å². The van der Waals surface area contributed by atoms with E-state index in [2.05, 4.69) is 20.2 Å². The first-order chi connectivity index (χ1) is 17.8. The van der Waals surface area contributed by atoms with Crippen LogP contribution in [0.15, 0.2) is 35.2 Å². The predicted octanol–water partition coefficient (Wildman–Crippen LogP) is 4.04. The number of anilines is 1. The highest BCUT2D eigenvalue weighted by Crippen LogP contribution is 2.41. The fourth-order valence-corrected chi connectivity index (χ4v) is 8.06. The molecule has 5 rings (SSSR count). The molecule has 11 heteroatoms. The third-order valence-corrected chi connectivity index (χ3v) is 10.4. The largest absolute Gasteiger partial charge is 0.481 e. The van der Waals surface area contributed by atoms with Crippen molar-refractivity contribution in [3.8, 4) is 5.88 Å². The van der Waals surface area contributed by atoms with Gasteiger partial charge in [0.15, 0.2) is 5.13 Å². The van der Waals surface area contributed by atoms with Crippen LogP contribution in [-0.4, -0.2) is 73.8 Å². The zero-order valence-electron chi connectivity index (χ0n) is 21.4. The van der Waals surface area contributed by atoms with Gasteiger partial charge in [-0.15, -0.1) is 0 Å². The second-order valence-corrected chi connectivity index (χ2v) is 12.7. The van der Waals surface area contributed by atoms with Crippen molar-refractivity contribution < 1.29 is 17.9 Å². The summed E-state index contributed by atoms with van der Waals surface area (Å²) in [6, 6.07) is 9.14. The summed E-state index contributed by atoms with van der Waals surface area (Å²) in [6.45, 7) is 4.03. The number of rotatable bonds is 7. The number of sulfonamides is 1. The molecule has 1 amide bonds. The molecule has 1 saturated carbocycles. The molecule has 1 aliphatic carbocycles. The summed E-state index contributed by atoms with van der Waals surface area (Å²) in [5, 5.41) is 3.31. The van der Waals surface area contributed by atoms with Gasteiger partial charge in [0.2, 0.25) is 21.8 Å². The lowest BCUT2D eigenvalue weighted by atomic mass is 9.91. The Morgan fingerprint density at radius 1 is 1.11 bits per heavy atom. The number of ether oxygens (including phenoxy) is 1. The molecule has 1 atom stereocenters. The molecular formula is C26H33N5O4S2. The summed E-state index contributed by atoms with van der Waals surface area (Å²) in [5.41, 5.74) is 2.06. The van der Waals surface area contributed by atoms with Gasteiger partial charge in [-0.3, -0.25) is 4.79 Å². The molecule has 0 bridgehead atoms. The Morgan fingerprint density at radius 3 is 2.54 bits per heavy atom. The van der Waals surface area contributed by atoms with Crippen LogP contribution < -0.4 is 10.1 Å². The summed E-state index contributed by atoms with van der Waals surface area (Å²) in [4.78, 5) is 25.4. The van der Waals surface area contributed by atoms with Crippen LogP contribution in [0.4, 0.5) is 5.13 Å². The van der Waals surface area contributed by atoms with Gasteiger partial charge in [-0.25, -0.2) is 18.4 Å². The topological polar surface area (TPSA) is 105 Å². The van der Waals surface area contributed by atoms with E-state index >= 15 is 0 Å². The molecular weight excluding hydrogens is 510 g/mol. The highest BCUT2D eigenvalue weighted by Gasteiger charge is 2.36. The van der Waals surface area contributed by atoms with Crippen LogP contribution in [0.2, 0.25) is 0 Å². The van der Waals surface area contributed by atoms with Crippen molar-refractivity contribution >= 4 is 42.7 Å². The number of aromatic nitrogens is 2. The van der Waals surface area contributed by atoms with Crippen molar-refractivity contribution in [2.24, 2.45) is 0 Å². The molecule has 2 fully saturated rings. The molecule has 1 aromatic carbocycles. The minimum absolute atomic E-state index is 0.192. The second kappa shape index (κ2) is 10.6. The third-order valence-electron chi connectivity index (χ3n) is 7.46. The van der Waals surface area contributed by atoms with Crippen LogP contribution >= 0.6 is 11.3 Å². The fourth-order valence-electron chi connectivity index (χ4n) is 5.25. The van der Waals surface area contributed by atoms with Gasteiger partial charge in [0, 0.05) is 32.2 Å². The molecule has 1 saturated heterocycles. The number of carbonyl (C=O) groups excluding carboxylic acids is 1. The van der Waals surface area contributed by atoms with Gasteiger partial charge in [0.25, 0.3) is 0 Å². The Kier molecular flexibility index (Phi) is 7.49. The number of thiazole rings is 1. The molecule has 3 aromatic rings. The highest BCUT2D eigenvalue weighted by molar-refractivity contribution is 7.89. The van der Waals surface area contributed by atoms with E-state index in [-0.39, 0.29) is 11.8 Å². The molecule has 37 heavy (non-hydrogen) atoms. The van der Waals surface area contributed by atoms with E-state index in [1.807, 2.05) is 19.2 Å². The molecule has 0 spiro atoms. The third kappa shape index (κ3) is 5.22. The quantitative estimate of drug-likeness (QED) is 0.480. The van der Waals surface area contributed by atoms with E-state index in [9.17, 15) is 13.2 Å². The van der Waals surface area contributed by atoms with E-state index in [0.29, 0.717) is 58.0 Å². The fraction of sp³-hybridized carbons (Fsp3) is 0.500. The zero-order valence-corrected chi connectivity index (χ0v) is 23.1. The van der Waals surface area contributed by atoms with Crippen molar-refractivity contribution in [3.63, 3.8) is 0 Å². The summed E-state index contributed by atoms with van der Waals surface area (Å²) in [5.74, 6) is -0.319. The SMILES string of the molecule is COc1ccc2nc(NC(=O)C(C)c3cccc(C4CCCC4)c3S(=O)(=O)N3CCN(C)CC3)sc2n1. The number of hydrogen-bond acceptors (Lipinski definition) is 8. The predicted molar refractivity (Wildman–Crippen MR) is 145 cm³/mol. The van der Waals surface area contributed by atoms with E-state index < -0.39 is 15.9 Å². The van der Waals surface area contributed by atoms with Crippen molar-refractivity contribution in [2.75, 3.05) is 45.7 Å². The van der Waals surface area contributed by atoms with Gasteiger partial charge in [-0.05, 0) is 49.9 Å². The molecule has 0 radical (unpaired) electrons. The van der Waals surface area contributed by atoms with Crippen molar-refractivity contribution in [1.82, 2.24) is 19.2 Å². The summed E-state index contributed by atoms with van der Waals surface area (Å²) < 4.78 is 35.0. The Morgan fingerprint density at radius 2 is 1.84 bits per heavy atom. The molecule has 3 heterocycles. The van der Waals surface area contributed by atoms with E-state index in [0.717, 1.165) is 31.2 Å². The number of benzene rings is 1. The van der Waals surface area contributed by atoms with Gasteiger partial charge in [-0.1, -0.05) is 42.4 Å². The molecule has 1 aliphatic heterocycles. The Balaban J connectivity index is 1.49. The van der Waals surface area contributed by atoms with Crippen LogP contribution in [0.3, 0.4) is 0 Å². The van der Waals surface area contributed by atoms with Gasteiger partial charge >= 0.3 is 0 Å². The van der Waals surface area contributed by atoms with E-state index in [1.54, 1.807) is 36.5 Å². The van der Waals surface area contributed by atoms with Crippen LogP contribution in [0, 0.1) is 0 Å². The molecule has 1 unspecified atom stereocenters. The van der Waals surface area contributed by atoms with Gasteiger partial charge in [0.1, 0.15) is 10.3 Å². The lowest BCUT2D eigenvalue weighted by Crippen LogP contribution is -2.47. The summed E-state index contributed by atoms with van der Waals surface area (Å²) in [6.07, 6.45) is 4.12. The average molecular weight is 544 g/mol. The van der Waals surface area contributed by atoms with Crippen LogP contribution in [0.5, 0.6) is 5.88 Å². The first-order valence-electron chi connectivity index (χ1n) is 12.7. The standard InChI is InChI=1S/C26H33N5O4S2/c1-17(24(32)29-26-27-21-11-12-22(35-3)28-25(21)36-26)19-9-6-10-20(18-7-4-5-8-18)23(19)37(33,34)31-15-13-30(2)14-16-31/h6,9-12,17-18H,4-5,7-8,13-16H2,1-3H3,(H,27,29,32). The first kappa shape index (κ1) is 26.0. The molecule has 9 nitrogen and oxygen atoms in total. The number of methoxy groups -OCH3 is 1. The van der Waals surface area contributed by atoms with Gasteiger partial charge < -0.3 is 15.0 Å². The smallest absolute Gasteiger partial charge is 0.243 e. The highest BCUT2D eigenvalue weighted by atomic mass is 32.2. The number of fused-ring (bicyclic) bond motifs is 1. The minimum Gasteiger partial charge on any atom is -0.481 e. The molecule has 198 valence electrons. The number of nitrogens with zero attached hydrogens (tertiary/aromatic N) is 4. The van der Waals surface area contributed by atoms with Crippen LogP contribution in [-0.2, 0) is 14.8 Å². The van der Waals surface area contributed by atoms with Crippen molar-refractivity contribution in [2.45, 2.75) is 49.3 Å². The number of pyridine rings is 1. The van der Waals surface area contributed by atoms with Crippen molar-refractivity contribution in [3.05, 3.63) is 41.5 Å². The lowest BCUT2D eigenvalue weighted by Gasteiger charge is -2.33. The van der Waals surface area contributed by atoms with Crippen LogP contribution in [0.1, 0.15) is 55.6 Å². The maximum atomic E-state index is 14.1. The van der Waals surface area contributed by atoms with E-state index in [1.165, 1.54) is 11.3 Å². The molecule has 1 N–H and O–H groups in total. The van der Waals surface area contributed by atoms with Crippen LogP contribution in [0.25, 0.3) is 10.3 Å². The first-order valence-corrected chi connectivity index (χ1v) is 15.0. The number of hydrogen-bond donors (Lipinski definition) is 1. The van der Waals surface area contributed by atoms with Gasteiger partial charge in [0.05, 0.1) is 17.9 Å². The van der Waals surface area contributed by atoms with Gasteiger partial charge in [-0.2, -0.15) is 4.31 Å². The maximum absolute atomic E-state index is 14.1. The number of piperazine rings is 1. The monoisotopic (exact) mass is 543 g/mol. The molecule has 2 aromatic heterocycles. The number of likely N-dealkylation sites (N-methyl/N-ethyl adjacent to an activating group) is 1. The molecule has 2 aliphatic rings. The maximum Gasteiger partial charge on any atom is 0.243 e.